The summed E-state index contributed by atoms with van der Waals surface area (Å²) in [5, 5.41) is 3.28. The standard InChI is InChI=1S/C12H9Br3N2/c1-7-5-11(16-6-10(7)15)17-12-8(13)3-2-4-9(12)14/h2-6H,1H3,(H,16,17). The Bertz CT molecular complexity index is 535. The number of rotatable bonds is 2. The summed E-state index contributed by atoms with van der Waals surface area (Å²) in [6, 6.07) is 7.94. The van der Waals surface area contributed by atoms with Gasteiger partial charge < -0.3 is 5.32 Å². The van der Waals surface area contributed by atoms with Gasteiger partial charge in [0.15, 0.2) is 0 Å². The van der Waals surface area contributed by atoms with Crippen molar-refractivity contribution in [1.82, 2.24) is 4.98 Å². The Balaban J connectivity index is 2.35. The van der Waals surface area contributed by atoms with Crippen molar-refractivity contribution in [3.05, 3.63) is 49.4 Å². The van der Waals surface area contributed by atoms with Gasteiger partial charge in [0.05, 0.1) is 5.69 Å². The normalized spacial score (nSPS) is 10.4. The van der Waals surface area contributed by atoms with Crippen molar-refractivity contribution in [2.24, 2.45) is 0 Å². The molecular weight excluding hydrogens is 412 g/mol. The zero-order valence-electron chi connectivity index (χ0n) is 8.97. The maximum atomic E-state index is 4.32. The van der Waals surface area contributed by atoms with E-state index in [9.17, 15) is 0 Å². The lowest BCUT2D eigenvalue weighted by Gasteiger charge is -2.10. The number of halogens is 3. The molecule has 0 saturated heterocycles. The van der Waals surface area contributed by atoms with E-state index in [0.717, 1.165) is 30.5 Å². The highest BCUT2D eigenvalue weighted by molar-refractivity contribution is 9.11. The van der Waals surface area contributed by atoms with Crippen LogP contribution < -0.4 is 5.32 Å². The van der Waals surface area contributed by atoms with Crippen LogP contribution in [0.3, 0.4) is 0 Å². The molecule has 1 heterocycles. The minimum Gasteiger partial charge on any atom is -0.338 e. The van der Waals surface area contributed by atoms with E-state index in [4.69, 9.17) is 0 Å². The number of nitrogens with one attached hydrogen (secondary N) is 1. The van der Waals surface area contributed by atoms with E-state index in [2.05, 4.69) is 58.1 Å². The molecule has 0 saturated carbocycles. The number of aryl methyl sites for hydroxylation is 1. The Labute approximate surface area is 125 Å². The number of para-hydroxylation sites is 1. The molecule has 0 aliphatic rings. The molecule has 0 bridgehead atoms. The molecule has 1 N–H and O–H groups in total. The van der Waals surface area contributed by atoms with Crippen LogP contribution in [0, 0.1) is 6.92 Å². The predicted molar refractivity (Wildman–Crippen MR) is 81.8 cm³/mol. The Hall–Kier alpha value is -0.390. The van der Waals surface area contributed by atoms with E-state index >= 15 is 0 Å². The number of anilines is 2. The fourth-order valence-corrected chi connectivity index (χ4v) is 2.77. The molecule has 2 nitrogen and oxygen atoms in total. The molecule has 2 aromatic rings. The Kier molecular flexibility index (Phi) is 4.22. The summed E-state index contributed by atoms with van der Waals surface area (Å²) in [7, 11) is 0. The van der Waals surface area contributed by atoms with Gasteiger partial charge in [0, 0.05) is 19.6 Å². The van der Waals surface area contributed by atoms with Crippen molar-refractivity contribution in [2.75, 3.05) is 5.32 Å². The first-order valence-electron chi connectivity index (χ1n) is 4.91. The van der Waals surface area contributed by atoms with Gasteiger partial charge in [-0.25, -0.2) is 4.98 Å². The fraction of sp³-hybridized carbons (Fsp3) is 0.0833. The van der Waals surface area contributed by atoms with Gasteiger partial charge in [0.1, 0.15) is 5.82 Å². The first kappa shape index (κ1) is 13.1. The van der Waals surface area contributed by atoms with Crippen LogP contribution in [0.4, 0.5) is 11.5 Å². The molecule has 5 heteroatoms. The van der Waals surface area contributed by atoms with E-state index < -0.39 is 0 Å². The molecule has 0 spiro atoms. The van der Waals surface area contributed by atoms with Crippen LogP contribution in [0.5, 0.6) is 0 Å². The second-order valence-corrected chi connectivity index (χ2v) is 6.10. The summed E-state index contributed by atoms with van der Waals surface area (Å²) >= 11 is 10.5. The minimum absolute atomic E-state index is 0.818. The highest BCUT2D eigenvalue weighted by Gasteiger charge is 2.06. The second-order valence-electron chi connectivity index (χ2n) is 3.54. The molecule has 17 heavy (non-hydrogen) atoms. The zero-order chi connectivity index (χ0) is 12.4. The Morgan fingerprint density at radius 2 is 1.71 bits per heavy atom. The van der Waals surface area contributed by atoms with Crippen LogP contribution in [0.15, 0.2) is 43.9 Å². The summed E-state index contributed by atoms with van der Waals surface area (Å²) < 4.78 is 3.00. The molecule has 0 fully saturated rings. The summed E-state index contributed by atoms with van der Waals surface area (Å²) in [4.78, 5) is 4.32. The van der Waals surface area contributed by atoms with Crippen molar-refractivity contribution < 1.29 is 0 Å². The first-order chi connectivity index (χ1) is 8.08. The van der Waals surface area contributed by atoms with Gasteiger partial charge in [0.25, 0.3) is 0 Å². The molecule has 0 radical (unpaired) electrons. The van der Waals surface area contributed by atoms with E-state index in [1.54, 1.807) is 6.20 Å². The molecule has 2 rings (SSSR count). The molecule has 1 aromatic carbocycles. The number of hydrogen-bond donors (Lipinski definition) is 1. The lowest BCUT2D eigenvalue weighted by Crippen LogP contribution is -1.96. The quantitative estimate of drug-likeness (QED) is 0.701. The Morgan fingerprint density at radius 3 is 2.29 bits per heavy atom. The van der Waals surface area contributed by atoms with E-state index in [-0.39, 0.29) is 0 Å². The van der Waals surface area contributed by atoms with Gasteiger partial charge in [-0.05, 0) is 78.5 Å². The fourth-order valence-electron chi connectivity index (χ4n) is 1.35. The summed E-state index contributed by atoms with van der Waals surface area (Å²) in [6.07, 6.45) is 1.79. The topological polar surface area (TPSA) is 24.9 Å². The van der Waals surface area contributed by atoms with E-state index in [1.807, 2.05) is 31.2 Å². The van der Waals surface area contributed by atoms with Crippen LogP contribution in [0.1, 0.15) is 5.56 Å². The smallest absolute Gasteiger partial charge is 0.130 e. The average Bonchev–Trinajstić information content (AvgIpc) is 2.28. The lowest BCUT2D eigenvalue weighted by atomic mass is 10.3. The number of benzene rings is 1. The molecule has 0 aliphatic carbocycles. The van der Waals surface area contributed by atoms with Crippen molar-refractivity contribution in [3.63, 3.8) is 0 Å². The third-order valence-corrected chi connectivity index (χ3v) is 4.41. The van der Waals surface area contributed by atoms with Crippen molar-refractivity contribution >= 4 is 59.3 Å². The third-order valence-electron chi connectivity index (χ3n) is 2.26. The number of hydrogen-bond acceptors (Lipinski definition) is 2. The number of pyridine rings is 1. The molecule has 0 atom stereocenters. The van der Waals surface area contributed by atoms with Crippen LogP contribution in [-0.2, 0) is 0 Å². The largest absolute Gasteiger partial charge is 0.338 e. The van der Waals surface area contributed by atoms with Gasteiger partial charge in [-0.15, -0.1) is 0 Å². The minimum atomic E-state index is 0.818. The molecule has 88 valence electrons. The SMILES string of the molecule is Cc1cc(Nc2c(Br)cccc2Br)ncc1Br. The first-order valence-corrected chi connectivity index (χ1v) is 7.29. The predicted octanol–water partition coefficient (Wildman–Crippen LogP) is 5.42. The van der Waals surface area contributed by atoms with E-state index in [1.165, 1.54) is 0 Å². The maximum Gasteiger partial charge on any atom is 0.130 e. The number of aromatic nitrogens is 1. The monoisotopic (exact) mass is 418 g/mol. The summed E-state index contributed by atoms with van der Waals surface area (Å²) in [5.74, 6) is 0.818. The zero-order valence-corrected chi connectivity index (χ0v) is 13.7. The van der Waals surface area contributed by atoms with Crippen LogP contribution in [-0.4, -0.2) is 4.98 Å². The molecule has 1 aromatic heterocycles. The summed E-state index contributed by atoms with van der Waals surface area (Å²) in [5.41, 5.74) is 2.12. The lowest BCUT2D eigenvalue weighted by molar-refractivity contribution is 1.25. The van der Waals surface area contributed by atoms with Crippen molar-refractivity contribution in [2.45, 2.75) is 6.92 Å². The molecule has 0 aliphatic heterocycles. The number of nitrogens with zero attached hydrogens (tertiary/aromatic N) is 1. The van der Waals surface area contributed by atoms with E-state index in [0.29, 0.717) is 0 Å². The van der Waals surface area contributed by atoms with Gasteiger partial charge >= 0.3 is 0 Å². The van der Waals surface area contributed by atoms with Crippen LogP contribution >= 0.6 is 47.8 Å². The second kappa shape index (κ2) is 5.50. The van der Waals surface area contributed by atoms with Crippen LogP contribution in [0.25, 0.3) is 0 Å². The highest BCUT2D eigenvalue weighted by Crippen LogP contribution is 2.33. The molecular formula is C12H9Br3N2. The highest BCUT2D eigenvalue weighted by atomic mass is 79.9. The molecule has 0 amide bonds. The van der Waals surface area contributed by atoms with Crippen LogP contribution in [0.2, 0.25) is 0 Å². The van der Waals surface area contributed by atoms with Crippen molar-refractivity contribution in [1.29, 1.82) is 0 Å². The third kappa shape index (κ3) is 3.09. The summed E-state index contributed by atoms with van der Waals surface area (Å²) in [6.45, 7) is 2.03. The van der Waals surface area contributed by atoms with Gasteiger partial charge in [-0.2, -0.15) is 0 Å². The Morgan fingerprint density at radius 1 is 1.06 bits per heavy atom. The van der Waals surface area contributed by atoms with Gasteiger partial charge in [-0.3, -0.25) is 0 Å². The molecule has 0 unspecified atom stereocenters. The van der Waals surface area contributed by atoms with Gasteiger partial charge in [-0.1, -0.05) is 6.07 Å². The van der Waals surface area contributed by atoms with Gasteiger partial charge in [0.2, 0.25) is 0 Å². The van der Waals surface area contributed by atoms with Crippen molar-refractivity contribution in [3.8, 4) is 0 Å². The maximum absolute atomic E-state index is 4.32. The average molecular weight is 421 g/mol.